The number of rotatable bonds is 5. The molecule has 2 aromatic carbocycles. The maximum absolute atomic E-state index is 13.4. The van der Waals surface area contributed by atoms with Gasteiger partial charge < -0.3 is 5.11 Å². The number of benzene rings is 2. The van der Waals surface area contributed by atoms with Crippen molar-refractivity contribution in [3.05, 3.63) is 65.2 Å². The SMILES string of the molecule is O=C(C1NCc2ccccc21)N(c1ccc(C(O)(C(F)(F)F)C(F)(F)F)cc1)S(=O)(=O)C1CC1. The molecule has 4 rings (SSSR count). The molecule has 0 aromatic heterocycles. The van der Waals surface area contributed by atoms with E-state index >= 15 is 0 Å². The minimum Gasteiger partial charge on any atom is -0.369 e. The molecule has 1 atom stereocenters. The molecule has 1 fully saturated rings. The van der Waals surface area contributed by atoms with Crippen molar-refractivity contribution >= 4 is 21.6 Å². The summed E-state index contributed by atoms with van der Waals surface area (Å²) >= 11 is 0. The van der Waals surface area contributed by atoms with Crippen molar-refractivity contribution in [3.8, 4) is 0 Å². The van der Waals surface area contributed by atoms with Crippen molar-refractivity contribution in [2.75, 3.05) is 4.31 Å². The second kappa shape index (κ2) is 7.95. The number of halogens is 6. The Balaban J connectivity index is 1.76. The van der Waals surface area contributed by atoms with E-state index in [0.717, 1.165) is 5.56 Å². The van der Waals surface area contributed by atoms with Crippen LogP contribution >= 0.6 is 0 Å². The molecule has 13 heteroatoms. The van der Waals surface area contributed by atoms with Crippen LogP contribution in [0.1, 0.15) is 35.6 Å². The fourth-order valence-electron chi connectivity index (χ4n) is 3.88. The van der Waals surface area contributed by atoms with Gasteiger partial charge in [0, 0.05) is 12.1 Å². The highest BCUT2D eigenvalue weighted by Crippen LogP contribution is 2.50. The van der Waals surface area contributed by atoms with Crippen LogP contribution in [-0.4, -0.2) is 37.0 Å². The molecule has 2 N–H and O–H groups in total. The average molecular weight is 508 g/mol. The number of nitrogens with zero attached hydrogens (tertiary/aromatic N) is 1. The van der Waals surface area contributed by atoms with Crippen LogP contribution < -0.4 is 9.62 Å². The van der Waals surface area contributed by atoms with Gasteiger partial charge in [-0.1, -0.05) is 36.4 Å². The van der Waals surface area contributed by atoms with Gasteiger partial charge in [0.15, 0.2) is 0 Å². The Hall–Kier alpha value is -2.64. The van der Waals surface area contributed by atoms with Crippen molar-refractivity contribution < 1.29 is 44.7 Å². The summed E-state index contributed by atoms with van der Waals surface area (Å²) in [5.41, 5.74) is -5.89. The number of carbonyl (C=O) groups excluding carboxylic acids is 1. The number of carbonyl (C=O) groups is 1. The molecule has 0 saturated heterocycles. The van der Waals surface area contributed by atoms with E-state index in [1.165, 1.54) is 0 Å². The molecule has 1 unspecified atom stereocenters. The number of anilines is 1. The first-order chi connectivity index (χ1) is 15.7. The lowest BCUT2D eigenvalue weighted by Crippen LogP contribution is -2.53. The molecule has 2 aliphatic rings. The molecule has 6 nitrogen and oxygen atoms in total. The molecular weight excluding hydrogens is 490 g/mol. The monoisotopic (exact) mass is 508 g/mol. The van der Waals surface area contributed by atoms with E-state index in [1.54, 1.807) is 24.3 Å². The predicted octanol–water partition coefficient (Wildman–Crippen LogP) is 3.67. The highest BCUT2D eigenvalue weighted by atomic mass is 32.2. The number of sulfonamides is 1. The van der Waals surface area contributed by atoms with Crippen LogP contribution in [-0.2, 0) is 27.0 Å². The second-order valence-electron chi connectivity index (χ2n) is 8.11. The number of hydrogen-bond donors (Lipinski definition) is 2. The third-order valence-corrected chi connectivity index (χ3v) is 8.06. The van der Waals surface area contributed by atoms with E-state index < -0.39 is 56.4 Å². The Kier molecular flexibility index (Phi) is 5.73. The van der Waals surface area contributed by atoms with E-state index in [9.17, 15) is 44.7 Å². The summed E-state index contributed by atoms with van der Waals surface area (Å²) in [5, 5.41) is 11.6. The van der Waals surface area contributed by atoms with E-state index in [-0.39, 0.29) is 19.4 Å². The highest BCUT2D eigenvalue weighted by Gasteiger charge is 2.71. The molecule has 184 valence electrons. The predicted molar refractivity (Wildman–Crippen MR) is 108 cm³/mol. The summed E-state index contributed by atoms with van der Waals surface area (Å²) < 4.78 is 106. The maximum atomic E-state index is 13.4. The lowest BCUT2D eigenvalue weighted by atomic mass is 9.92. The van der Waals surface area contributed by atoms with E-state index in [0.29, 0.717) is 34.1 Å². The first-order valence-corrected chi connectivity index (χ1v) is 11.6. The first kappa shape index (κ1) is 24.5. The molecule has 0 radical (unpaired) electrons. The zero-order chi connectivity index (χ0) is 25.1. The minimum absolute atomic E-state index is 0.265. The summed E-state index contributed by atoms with van der Waals surface area (Å²) in [5.74, 6) is -0.938. The van der Waals surface area contributed by atoms with Gasteiger partial charge in [-0.25, -0.2) is 12.7 Å². The largest absolute Gasteiger partial charge is 0.430 e. The maximum Gasteiger partial charge on any atom is 0.430 e. The lowest BCUT2D eigenvalue weighted by molar-refractivity contribution is -0.376. The van der Waals surface area contributed by atoms with E-state index in [2.05, 4.69) is 5.32 Å². The molecule has 0 bridgehead atoms. The Morgan fingerprint density at radius 3 is 2.03 bits per heavy atom. The smallest absolute Gasteiger partial charge is 0.369 e. The number of hydrogen-bond acceptors (Lipinski definition) is 5. The number of alkyl halides is 6. The van der Waals surface area contributed by atoms with Gasteiger partial charge in [-0.3, -0.25) is 10.1 Å². The minimum atomic E-state index is -6.10. The standard InChI is InChI=1S/C21H18F6N2O4S/c22-20(23,24)19(31,21(25,26)27)13-5-7-14(8-6-13)29(34(32,33)15-9-10-15)18(30)17-16-4-2-1-3-12(16)11-28-17/h1-8,15,17,28,31H,9-11H2. The van der Waals surface area contributed by atoms with Crippen molar-refractivity contribution in [1.29, 1.82) is 0 Å². The third-order valence-electron chi connectivity index (χ3n) is 5.85. The fourth-order valence-corrected chi connectivity index (χ4v) is 5.68. The van der Waals surface area contributed by atoms with Gasteiger partial charge in [0.25, 0.3) is 11.5 Å². The molecular formula is C21H18F6N2O4S. The van der Waals surface area contributed by atoms with Crippen LogP contribution in [0, 0.1) is 0 Å². The summed E-state index contributed by atoms with van der Waals surface area (Å²) in [7, 11) is -4.29. The Morgan fingerprint density at radius 2 is 1.50 bits per heavy atom. The molecule has 1 amide bonds. The van der Waals surface area contributed by atoms with Crippen LogP contribution in [0.3, 0.4) is 0 Å². The van der Waals surface area contributed by atoms with Gasteiger partial charge in [-0.05, 0) is 36.1 Å². The molecule has 1 aliphatic heterocycles. The fraction of sp³-hybridized carbons (Fsp3) is 0.381. The second-order valence-corrected chi connectivity index (χ2v) is 10.2. The number of fused-ring (bicyclic) bond motifs is 1. The summed E-state index contributed by atoms with van der Waals surface area (Å²) in [4.78, 5) is 13.4. The van der Waals surface area contributed by atoms with Crippen LogP contribution in [0.5, 0.6) is 0 Å². The summed E-state index contributed by atoms with van der Waals surface area (Å²) in [6.07, 6.45) is -11.7. The van der Waals surface area contributed by atoms with E-state index in [1.807, 2.05) is 0 Å². The lowest BCUT2D eigenvalue weighted by Gasteiger charge is -2.33. The average Bonchev–Trinajstić information content (AvgIpc) is 3.52. The molecule has 2 aromatic rings. The van der Waals surface area contributed by atoms with Crippen molar-refractivity contribution in [2.45, 2.75) is 48.6 Å². The summed E-state index contributed by atoms with van der Waals surface area (Å²) in [6, 6.07) is 7.58. The van der Waals surface area contributed by atoms with Crippen LogP contribution in [0.25, 0.3) is 0 Å². The van der Waals surface area contributed by atoms with Crippen LogP contribution in [0.4, 0.5) is 32.0 Å². The molecule has 1 heterocycles. The first-order valence-electron chi connectivity index (χ1n) is 10.0. The third kappa shape index (κ3) is 3.85. The van der Waals surface area contributed by atoms with E-state index in [4.69, 9.17) is 0 Å². The van der Waals surface area contributed by atoms with Gasteiger partial charge in [-0.15, -0.1) is 0 Å². The molecule has 1 aliphatic carbocycles. The van der Waals surface area contributed by atoms with Crippen molar-refractivity contribution in [2.24, 2.45) is 0 Å². The van der Waals surface area contributed by atoms with Crippen LogP contribution in [0.2, 0.25) is 0 Å². The zero-order valence-corrected chi connectivity index (χ0v) is 18.0. The highest BCUT2D eigenvalue weighted by molar-refractivity contribution is 7.94. The number of nitrogens with one attached hydrogen (secondary N) is 1. The number of aliphatic hydroxyl groups is 1. The van der Waals surface area contributed by atoms with Gasteiger partial charge in [0.2, 0.25) is 10.0 Å². The number of amides is 1. The normalized spacial score (nSPS) is 19.1. The van der Waals surface area contributed by atoms with Gasteiger partial charge in [0.1, 0.15) is 6.04 Å². The topological polar surface area (TPSA) is 86.7 Å². The summed E-state index contributed by atoms with van der Waals surface area (Å²) in [6.45, 7) is 0.271. The van der Waals surface area contributed by atoms with Crippen LogP contribution in [0.15, 0.2) is 48.5 Å². The van der Waals surface area contributed by atoms with Gasteiger partial charge >= 0.3 is 12.4 Å². The van der Waals surface area contributed by atoms with Gasteiger partial charge in [-0.2, -0.15) is 26.3 Å². The Labute approximate surface area is 190 Å². The van der Waals surface area contributed by atoms with Crippen molar-refractivity contribution in [3.63, 3.8) is 0 Å². The van der Waals surface area contributed by atoms with Crippen molar-refractivity contribution in [1.82, 2.24) is 5.32 Å². The van der Waals surface area contributed by atoms with Gasteiger partial charge in [0.05, 0.1) is 10.9 Å². The Morgan fingerprint density at radius 1 is 0.941 bits per heavy atom. The molecule has 34 heavy (non-hydrogen) atoms. The molecule has 0 spiro atoms. The zero-order valence-electron chi connectivity index (χ0n) is 17.2. The quantitative estimate of drug-likeness (QED) is 0.602. The Bertz CT molecular complexity index is 1190. The molecule has 1 saturated carbocycles.